The van der Waals surface area contributed by atoms with Crippen LogP contribution in [0.4, 0.5) is 0 Å². The zero-order chi connectivity index (χ0) is 15.1. The molecule has 3 heterocycles. The molecule has 0 spiro atoms. The van der Waals surface area contributed by atoms with E-state index < -0.39 is 12.0 Å². The first-order valence-corrected chi connectivity index (χ1v) is 8.37. The van der Waals surface area contributed by atoms with Crippen molar-refractivity contribution in [3.63, 3.8) is 0 Å². The van der Waals surface area contributed by atoms with E-state index in [1.807, 2.05) is 0 Å². The van der Waals surface area contributed by atoms with Gasteiger partial charge in [-0.3, -0.25) is 4.79 Å². The number of thiophene rings is 1. The Bertz CT molecular complexity index is 727. The van der Waals surface area contributed by atoms with Crippen LogP contribution in [-0.2, 0) is 17.8 Å². The van der Waals surface area contributed by atoms with Gasteiger partial charge >= 0.3 is 5.97 Å². The summed E-state index contributed by atoms with van der Waals surface area (Å²) in [7, 11) is 0. The number of hydrogen-bond acceptors (Lipinski definition) is 4. The molecule has 6 nitrogen and oxygen atoms in total. The average molecular weight is 435 g/mol. The lowest BCUT2D eigenvalue weighted by Gasteiger charge is -2.32. The summed E-state index contributed by atoms with van der Waals surface area (Å²) in [5.41, 5.74) is 1.95. The molecule has 3 rings (SSSR count). The topological polar surface area (TPSA) is 86.3 Å². The monoisotopic (exact) mass is 433 g/mol. The molecule has 0 aromatic carbocycles. The molecular weight excluding hydrogens is 426 g/mol. The van der Waals surface area contributed by atoms with E-state index in [1.54, 1.807) is 6.07 Å². The SMILES string of the molecule is O=C(O)C1Cc2nc[nH]c2CN1C(=O)c1cc(Br)sc1Br. The molecule has 0 radical (unpaired) electrons. The van der Waals surface area contributed by atoms with Gasteiger partial charge in [0.1, 0.15) is 6.04 Å². The fraction of sp³-hybridized carbons (Fsp3) is 0.250. The van der Waals surface area contributed by atoms with E-state index in [0.717, 1.165) is 9.48 Å². The van der Waals surface area contributed by atoms with Gasteiger partial charge in [-0.2, -0.15) is 0 Å². The van der Waals surface area contributed by atoms with Gasteiger partial charge in [0.05, 0.1) is 37.4 Å². The van der Waals surface area contributed by atoms with Crippen LogP contribution < -0.4 is 0 Å². The molecule has 1 aliphatic rings. The molecule has 0 bridgehead atoms. The number of carboxylic acids is 1. The third-order valence-corrected chi connectivity index (χ3v) is 5.67. The van der Waals surface area contributed by atoms with Crippen LogP contribution in [0.25, 0.3) is 0 Å². The van der Waals surface area contributed by atoms with Crippen molar-refractivity contribution in [1.82, 2.24) is 14.9 Å². The number of rotatable bonds is 2. The summed E-state index contributed by atoms with van der Waals surface area (Å²) in [5, 5.41) is 9.39. The number of carbonyl (C=O) groups excluding carboxylic acids is 1. The zero-order valence-electron chi connectivity index (χ0n) is 10.5. The van der Waals surface area contributed by atoms with Crippen molar-refractivity contribution in [2.24, 2.45) is 0 Å². The minimum atomic E-state index is -1.03. The minimum Gasteiger partial charge on any atom is -0.480 e. The number of H-pyrrole nitrogens is 1. The van der Waals surface area contributed by atoms with Gasteiger partial charge < -0.3 is 15.0 Å². The highest BCUT2D eigenvalue weighted by Crippen LogP contribution is 2.34. The maximum absolute atomic E-state index is 12.7. The van der Waals surface area contributed by atoms with Crippen LogP contribution >= 0.6 is 43.2 Å². The highest BCUT2D eigenvalue weighted by Gasteiger charge is 2.37. The summed E-state index contributed by atoms with van der Waals surface area (Å²) >= 11 is 8.04. The predicted molar refractivity (Wildman–Crippen MR) is 83.3 cm³/mol. The second-order valence-electron chi connectivity index (χ2n) is 4.56. The number of nitrogens with zero attached hydrogens (tertiary/aromatic N) is 2. The Hall–Kier alpha value is -1.19. The van der Waals surface area contributed by atoms with Gasteiger partial charge in [-0.25, -0.2) is 9.78 Å². The molecule has 2 aromatic rings. The summed E-state index contributed by atoms with van der Waals surface area (Å²) < 4.78 is 1.49. The third kappa shape index (κ3) is 2.65. The summed E-state index contributed by atoms with van der Waals surface area (Å²) in [6, 6.07) is 0.789. The number of aromatic amines is 1. The lowest BCUT2D eigenvalue weighted by molar-refractivity contribution is -0.142. The second kappa shape index (κ2) is 5.54. The van der Waals surface area contributed by atoms with Gasteiger partial charge in [-0.1, -0.05) is 0 Å². The summed E-state index contributed by atoms with van der Waals surface area (Å²) in [4.78, 5) is 32.6. The van der Waals surface area contributed by atoms with Crippen molar-refractivity contribution in [1.29, 1.82) is 0 Å². The Morgan fingerprint density at radius 3 is 2.86 bits per heavy atom. The highest BCUT2D eigenvalue weighted by atomic mass is 79.9. The molecule has 9 heteroatoms. The minimum absolute atomic E-state index is 0.211. The first kappa shape index (κ1) is 14.7. The van der Waals surface area contributed by atoms with E-state index in [1.165, 1.54) is 22.6 Å². The summed E-state index contributed by atoms with van der Waals surface area (Å²) in [5.74, 6) is -1.33. The maximum atomic E-state index is 12.7. The number of amides is 1. The fourth-order valence-electron chi connectivity index (χ4n) is 2.31. The molecule has 0 saturated carbocycles. The molecule has 110 valence electrons. The Balaban J connectivity index is 1.97. The van der Waals surface area contributed by atoms with E-state index in [-0.39, 0.29) is 18.9 Å². The van der Waals surface area contributed by atoms with Gasteiger partial charge in [0.25, 0.3) is 5.91 Å². The Kier molecular flexibility index (Phi) is 3.89. The van der Waals surface area contributed by atoms with Crippen molar-refractivity contribution < 1.29 is 14.7 Å². The van der Waals surface area contributed by atoms with Gasteiger partial charge in [0, 0.05) is 6.42 Å². The fourth-order valence-corrected chi connectivity index (χ4v) is 5.09. The molecule has 2 aromatic heterocycles. The summed E-state index contributed by atoms with van der Waals surface area (Å²) in [6.07, 6.45) is 1.73. The van der Waals surface area contributed by atoms with E-state index in [4.69, 9.17) is 0 Å². The van der Waals surface area contributed by atoms with E-state index >= 15 is 0 Å². The second-order valence-corrected chi connectivity index (χ2v) is 8.31. The maximum Gasteiger partial charge on any atom is 0.326 e. The Labute approximate surface area is 140 Å². The first-order chi connectivity index (χ1) is 9.97. The first-order valence-electron chi connectivity index (χ1n) is 5.97. The number of aliphatic carboxylic acids is 1. The standard InChI is InChI=1S/C12H9Br2N3O3S/c13-9-1-5(10(14)21-9)11(18)17-3-7-6(15-4-16-7)2-8(17)12(19)20/h1,4,8H,2-3H2,(H,15,16)(H,19,20). The average Bonchev–Trinajstić information content (AvgIpc) is 3.01. The molecular formula is C12H9Br2N3O3S. The highest BCUT2D eigenvalue weighted by molar-refractivity contribution is 9.12. The molecule has 1 aliphatic heterocycles. The van der Waals surface area contributed by atoms with Gasteiger partial charge in [-0.05, 0) is 37.9 Å². The van der Waals surface area contributed by atoms with Crippen LogP contribution in [-0.4, -0.2) is 37.9 Å². The van der Waals surface area contributed by atoms with Gasteiger partial charge in [0.15, 0.2) is 0 Å². The van der Waals surface area contributed by atoms with Gasteiger partial charge in [-0.15, -0.1) is 11.3 Å². The van der Waals surface area contributed by atoms with E-state index in [9.17, 15) is 14.7 Å². The van der Waals surface area contributed by atoms with Crippen LogP contribution in [0.1, 0.15) is 21.7 Å². The number of aromatic nitrogens is 2. The smallest absolute Gasteiger partial charge is 0.326 e. The molecule has 2 N–H and O–H groups in total. The number of halogens is 2. The Morgan fingerprint density at radius 1 is 1.48 bits per heavy atom. The largest absolute Gasteiger partial charge is 0.480 e. The van der Waals surface area contributed by atoms with E-state index in [0.29, 0.717) is 15.0 Å². The van der Waals surface area contributed by atoms with Crippen LogP contribution in [0.3, 0.4) is 0 Å². The summed E-state index contributed by atoms with van der Waals surface area (Å²) in [6.45, 7) is 0.213. The normalized spacial score (nSPS) is 17.6. The lowest BCUT2D eigenvalue weighted by atomic mass is 10.0. The van der Waals surface area contributed by atoms with Crippen LogP contribution in [0.15, 0.2) is 20.0 Å². The molecule has 1 amide bonds. The number of nitrogens with one attached hydrogen (secondary N) is 1. The molecule has 0 saturated heterocycles. The molecule has 1 atom stereocenters. The number of carboxylic acid groups (broad SMARTS) is 1. The van der Waals surface area contributed by atoms with Crippen LogP contribution in [0, 0.1) is 0 Å². The van der Waals surface area contributed by atoms with E-state index in [2.05, 4.69) is 41.8 Å². The van der Waals surface area contributed by atoms with Crippen molar-refractivity contribution in [2.45, 2.75) is 19.0 Å². The zero-order valence-corrected chi connectivity index (χ0v) is 14.5. The number of carbonyl (C=O) groups is 2. The molecule has 1 unspecified atom stereocenters. The van der Waals surface area contributed by atoms with Gasteiger partial charge in [0.2, 0.25) is 0 Å². The molecule has 0 fully saturated rings. The number of imidazole rings is 1. The van der Waals surface area contributed by atoms with Crippen LogP contribution in [0.5, 0.6) is 0 Å². The lowest BCUT2D eigenvalue weighted by Crippen LogP contribution is -2.48. The predicted octanol–water partition coefficient (Wildman–Crippen LogP) is 2.65. The number of hydrogen-bond donors (Lipinski definition) is 2. The number of fused-ring (bicyclic) bond motifs is 1. The Morgan fingerprint density at radius 2 is 2.24 bits per heavy atom. The van der Waals surface area contributed by atoms with Crippen molar-refractivity contribution in [2.75, 3.05) is 0 Å². The van der Waals surface area contributed by atoms with Crippen molar-refractivity contribution in [3.8, 4) is 0 Å². The van der Waals surface area contributed by atoms with Crippen molar-refractivity contribution in [3.05, 3.63) is 36.9 Å². The quantitative estimate of drug-likeness (QED) is 0.760. The van der Waals surface area contributed by atoms with Crippen molar-refractivity contribution >= 4 is 55.1 Å². The van der Waals surface area contributed by atoms with Crippen LogP contribution in [0.2, 0.25) is 0 Å². The molecule has 0 aliphatic carbocycles. The third-order valence-electron chi connectivity index (χ3n) is 3.33. The molecule has 21 heavy (non-hydrogen) atoms.